The van der Waals surface area contributed by atoms with Crippen molar-refractivity contribution in [3.8, 4) is 11.3 Å². The molecule has 0 saturated carbocycles. The number of hydrogen-bond donors (Lipinski definition) is 1. The molecule has 1 aliphatic rings. The van der Waals surface area contributed by atoms with Gasteiger partial charge in [-0.3, -0.25) is 9.59 Å². The number of amides is 2. The molecule has 0 atom stereocenters. The number of carbonyl (C=O) groups is 2. The highest BCUT2D eigenvalue weighted by molar-refractivity contribution is 5.95. The fraction of sp³-hybridized carbons (Fsp3) is 0.333. The maximum Gasteiger partial charge on any atom is 0.229 e. The predicted molar refractivity (Wildman–Crippen MR) is 126 cm³/mol. The van der Waals surface area contributed by atoms with Crippen LogP contribution in [0.15, 0.2) is 65.1 Å². The van der Waals surface area contributed by atoms with Gasteiger partial charge >= 0.3 is 0 Å². The van der Waals surface area contributed by atoms with Crippen LogP contribution < -0.4 is 5.32 Å². The molecular formula is C27H30N2O3. The van der Waals surface area contributed by atoms with Crippen molar-refractivity contribution in [3.05, 3.63) is 77.6 Å². The Labute approximate surface area is 189 Å². The van der Waals surface area contributed by atoms with E-state index in [2.05, 4.69) is 17.4 Å². The first-order valence-electron chi connectivity index (χ1n) is 11.1. The molecular weight excluding hydrogens is 400 g/mol. The van der Waals surface area contributed by atoms with Crippen LogP contribution in [0.5, 0.6) is 0 Å². The second-order valence-electron chi connectivity index (χ2n) is 9.39. The molecule has 4 rings (SSSR count). The molecule has 1 N–H and O–H groups in total. The summed E-state index contributed by atoms with van der Waals surface area (Å²) in [6.45, 7) is 6.92. The third kappa shape index (κ3) is 5.10. The minimum absolute atomic E-state index is 0.0296. The molecule has 2 amide bonds. The summed E-state index contributed by atoms with van der Waals surface area (Å²) in [6.07, 6.45) is 1.99. The number of hydrogen-bond acceptors (Lipinski definition) is 3. The number of anilines is 1. The van der Waals surface area contributed by atoms with Crippen LogP contribution in [0.25, 0.3) is 11.3 Å². The molecule has 3 aromatic rings. The van der Waals surface area contributed by atoms with Crippen molar-refractivity contribution in [1.82, 2.24) is 4.90 Å². The van der Waals surface area contributed by atoms with Crippen LogP contribution in [0.2, 0.25) is 0 Å². The fourth-order valence-electron chi connectivity index (χ4n) is 3.81. The van der Waals surface area contributed by atoms with Crippen LogP contribution >= 0.6 is 0 Å². The molecule has 0 saturated heterocycles. The van der Waals surface area contributed by atoms with Gasteiger partial charge in [-0.15, -0.1) is 0 Å². The molecule has 0 spiro atoms. The molecule has 166 valence electrons. The van der Waals surface area contributed by atoms with E-state index in [1.165, 1.54) is 5.56 Å². The molecule has 0 unspecified atom stereocenters. The number of nitrogens with zero attached hydrogens (tertiary/aromatic N) is 1. The third-order valence-corrected chi connectivity index (χ3v) is 5.78. The molecule has 1 aliphatic heterocycles. The van der Waals surface area contributed by atoms with E-state index in [0.29, 0.717) is 25.9 Å². The number of furan rings is 1. The Bertz CT molecular complexity index is 1110. The SMILES string of the molecule is CC(C)(C)C(=O)Nc1cccc(-c2cc3c(o2)CCN(C(=O)CCc2ccccc2)C3)c1. The third-order valence-electron chi connectivity index (χ3n) is 5.78. The largest absolute Gasteiger partial charge is 0.461 e. The highest BCUT2D eigenvalue weighted by atomic mass is 16.3. The van der Waals surface area contributed by atoms with E-state index in [-0.39, 0.29) is 11.8 Å². The lowest BCUT2D eigenvalue weighted by Crippen LogP contribution is -2.35. The average molecular weight is 431 g/mol. The van der Waals surface area contributed by atoms with Gasteiger partial charge in [0.1, 0.15) is 11.5 Å². The van der Waals surface area contributed by atoms with Gasteiger partial charge in [-0.05, 0) is 30.2 Å². The Morgan fingerprint density at radius 2 is 1.81 bits per heavy atom. The zero-order chi connectivity index (χ0) is 22.7. The summed E-state index contributed by atoms with van der Waals surface area (Å²) in [5.74, 6) is 1.85. The molecule has 1 aromatic heterocycles. The quantitative estimate of drug-likeness (QED) is 0.586. The van der Waals surface area contributed by atoms with Crippen LogP contribution in [0.1, 0.15) is 44.1 Å². The molecule has 32 heavy (non-hydrogen) atoms. The van der Waals surface area contributed by atoms with Gasteiger partial charge in [0.25, 0.3) is 0 Å². The molecule has 2 aromatic carbocycles. The van der Waals surface area contributed by atoms with Crippen LogP contribution in [0.4, 0.5) is 5.69 Å². The van der Waals surface area contributed by atoms with E-state index in [1.54, 1.807) is 0 Å². The van der Waals surface area contributed by atoms with E-state index in [0.717, 1.165) is 34.8 Å². The molecule has 0 radical (unpaired) electrons. The van der Waals surface area contributed by atoms with Gasteiger partial charge in [0, 0.05) is 48.2 Å². The lowest BCUT2D eigenvalue weighted by molar-refractivity contribution is -0.132. The summed E-state index contributed by atoms with van der Waals surface area (Å²) in [4.78, 5) is 27.0. The van der Waals surface area contributed by atoms with Crippen molar-refractivity contribution < 1.29 is 14.0 Å². The second-order valence-corrected chi connectivity index (χ2v) is 9.39. The van der Waals surface area contributed by atoms with Crippen LogP contribution in [0, 0.1) is 5.41 Å². The molecule has 5 heteroatoms. The van der Waals surface area contributed by atoms with Crippen molar-refractivity contribution in [2.45, 2.75) is 46.6 Å². The van der Waals surface area contributed by atoms with Crippen LogP contribution in [0.3, 0.4) is 0 Å². The van der Waals surface area contributed by atoms with Crippen molar-refractivity contribution in [3.63, 3.8) is 0 Å². The standard InChI is InChI=1S/C27H30N2O3/c1-27(2,3)26(31)28-22-11-7-10-20(16-22)24-17-21-18-29(15-14-23(21)32-24)25(30)13-12-19-8-5-4-6-9-19/h4-11,16-17H,12-15,18H2,1-3H3,(H,28,31). The normalized spacial score (nSPS) is 13.5. The van der Waals surface area contributed by atoms with E-state index in [1.807, 2.05) is 74.2 Å². The van der Waals surface area contributed by atoms with E-state index >= 15 is 0 Å². The number of nitrogens with one attached hydrogen (secondary N) is 1. The van der Waals surface area contributed by atoms with E-state index in [9.17, 15) is 9.59 Å². The van der Waals surface area contributed by atoms with Gasteiger partial charge in [0.05, 0.1) is 0 Å². The lowest BCUT2D eigenvalue weighted by Gasteiger charge is -2.26. The fourth-order valence-corrected chi connectivity index (χ4v) is 3.81. The van der Waals surface area contributed by atoms with E-state index < -0.39 is 5.41 Å². The number of fused-ring (bicyclic) bond motifs is 1. The summed E-state index contributed by atoms with van der Waals surface area (Å²) in [7, 11) is 0. The maximum absolute atomic E-state index is 12.7. The molecule has 0 bridgehead atoms. The second kappa shape index (κ2) is 9.03. The Morgan fingerprint density at radius 3 is 2.56 bits per heavy atom. The first-order chi connectivity index (χ1) is 15.3. The Balaban J connectivity index is 1.43. The molecule has 2 heterocycles. The van der Waals surface area contributed by atoms with Crippen LogP contribution in [-0.4, -0.2) is 23.3 Å². The lowest BCUT2D eigenvalue weighted by atomic mass is 9.95. The Morgan fingerprint density at radius 1 is 1.03 bits per heavy atom. The van der Waals surface area contributed by atoms with Gasteiger partial charge in [-0.1, -0.05) is 63.2 Å². The van der Waals surface area contributed by atoms with Gasteiger partial charge < -0.3 is 14.6 Å². The maximum atomic E-state index is 12.7. The summed E-state index contributed by atoms with van der Waals surface area (Å²) in [6, 6.07) is 19.8. The number of carbonyl (C=O) groups excluding carboxylic acids is 2. The predicted octanol–water partition coefficient (Wildman–Crippen LogP) is 5.45. The highest BCUT2D eigenvalue weighted by Gasteiger charge is 2.25. The number of benzene rings is 2. The molecule has 5 nitrogen and oxygen atoms in total. The monoisotopic (exact) mass is 430 g/mol. The molecule has 0 fully saturated rings. The van der Waals surface area contributed by atoms with E-state index in [4.69, 9.17) is 4.42 Å². The molecule has 0 aliphatic carbocycles. The topological polar surface area (TPSA) is 62.6 Å². The summed E-state index contributed by atoms with van der Waals surface area (Å²) < 4.78 is 6.13. The van der Waals surface area contributed by atoms with Crippen molar-refractivity contribution in [1.29, 1.82) is 0 Å². The van der Waals surface area contributed by atoms with Crippen LogP contribution in [-0.2, 0) is 29.0 Å². The average Bonchev–Trinajstić information content (AvgIpc) is 3.21. The number of aryl methyl sites for hydroxylation is 1. The smallest absolute Gasteiger partial charge is 0.229 e. The first kappa shape index (κ1) is 21.9. The minimum Gasteiger partial charge on any atom is -0.461 e. The minimum atomic E-state index is -0.462. The van der Waals surface area contributed by atoms with Crippen molar-refractivity contribution in [2.24, 2.45) is 5.41 Å². The van der Waals surface area contributed by atoms with Gasteiger partial charge in [-0.25, -0.2) is 0 Å². The summed E-state index contributed by atoms with van der Waals surface area (Å²) >= 11 is 0. The summed E-state index contributed by atoms with van der Waals surface area (Å²) in [5, 5.41) is 2.97. The van der Waals surface area contributed by atoms with Crippen molar-refractivity contribution >= 4 is 17.5 Å². The van der Waals surface area contributed by atoms with Gasteiger partial charge in [-0.2, -0.15) is 0 Å². The zero-order valence-electron chi connectivity index (χ0n) is 19.0. The first-order valence-corrected chi connectivity index (χ1v) is 11.1. The Hall–Kier alpha value is -3.34. The summed E-state index contributed by atoms with van der Waals surface area (Å²) in [5.41, 5.74) is 3.43. The number of rotatable bonds is 5. The van der Waals surface area contributed by atoms with Crippen molar-refractivity contribution in [2.75, 3.05) is 11.9 Å². The van der Waals surface area contributed by atoms with Gasteiger partial charge in [0.2, 0.25) is 11.8 Å². The highest BCUT2D eigenvalue weighted by Crippen LogP contribution is 2.31. The zero-order valence-corrected chi connectivity index (χ0v) is 19.0. The van der Waals surface area contributed by atoms with Gasteiger partial charge in [0.15, 0.2) is 0 Å². The Kier molecular flexibility index (Phi) is 6.17.